The van der Waals surface area contributed by atoms with Gasteiger partial charge in [0, 0.05) is 6.04 Å². The van der Waals surface area contributed by atoms with Crippen molar-refractivity contribution in [2.75, 3.05) is 0 Å². The molecule has 2 heterocycles. The minimum absolute atomic E-state index is 0.154. The average molecular weight is 336 g/mol. The van der Waals surface area contributed by atoms with Crippen molar-refractivity contribution in [1.82, 2.24) is 15.3 Å². The summed E-state index contributed by atoms with van der Waals surface area (Å²) in [6.45, 7) is 2.72. The lowest BCUT2D eigenvalue weighted by Crippen LogP contribution is -2.17. The highest BCUT2D eigenvalue weighted by atomic mass is 79.9. The maximum Gasteiger partial charge on any atom is 0.323 e. The van der Waals surface area contributed by atoms with Gasteiger partial charge in [-0.1, -0.05) is 6.07 Å². The van der Waals surface area contributed by atoms with Crippen LogP contribution < -0.4 is 11.0 Å². The van der Waals surface area contributed by atoms with E-state index in [1.165, 1.54) is 0 Å². The van der Waals surface area contributed by atoms with Crippen LogP contribution in [0, 0.1) is 0 Å². The first-order valence-electron chi connectivity index (χ1n) is 6.31. The SMILES string of the molecule is CC(NCc1ccc(Br)o1)c1ccc2[nH]c(=O)[nH]c2c1. The third-order valence-electron chi connectivity index (χ3n) is 3.25. The van der Waals surface area contributed by atoms with Gasteiger partial charge in [-0.05, 0) is 52.7 Å². The van der Waals surface area contributed by atoms with E-state index in [9.17, 15) is 4.79 Å². The van der Waals surface area contributed by atoms with E-state index in [4.69, 9.17) is 4.42 Å². The van der Waals surface area contributed by atoms with Crippen molar-refractivity contribution in [2.45, 2.75) is 19.5 Å². The Labute approximate surface area is 123 Å². The molecule has 0 fully saturated rings. The Balaban J connectivity index is 1.74. The quantitative estimate of drug-likeness (QED) is 0.686. The van der Waals surface area contributed by atoms with Crippen LogP contribution in [0.15, 0.2) is 44.2 Å². The number of nitrogens with one attached hydrogen (secondary N) is 3. The third-order valence-corrected chi connectivity index (χ3v) is 3.68. The number of hydrogen-bond donors (Lipinski definition) is 3. The Kier molecular flexibility index (Phi) is 3.50. The van der Waals surface area contributed by atoms with E-state index < -0.39 is 0 Å². The fraction of sp³-hybridized carbons (Fsp3) is 0.214. The molecule has 20 heavy (non-hydrogen) atoms. The Morgan fingerprint density at radius 2 is 2.05 bits per heavy atom. The largest absolute Gasteiger partial charge is 0.453 e. The second-order valence-corrected chi connectivity index (χ2v) is 5.47. The second-order valence-electron chi connectivity index (χ2n) is 4.69. The van der Waals surface area contributed by atoms with Gasteiger partial charge in [0.2, 0.25) is 0 Å². The van der Waals surface area contributed by atoms with Crippen molar-refractivity contribution in [1.29, 1.82) is 0 Å². The van der Waals surface area contributed by atoms with Gasteiger partial charge >= 0.3 is 5.69 Å². The van der Waals surface area contributed by atoms with E-state index in [1.807, 2.05) is 30.3 Å². The van der Waals surface area contributed by atoms with E-state index in [0.717, 1.165) is 27.0 Å². The molecule has 6 heteroatoms. The van der Waals surface area contributed by atoms with Gasteiger partial charge in [0.05, 0.1) is 17.6 Å². The number of aromatic nitrogens is 2. The Morgan fingerprint density at radius 3 is 2.80 bits per heavy atom. The number of hydrogen-bond acceptors (Lipinski definition) is 3. The molecule has 0 bridgehead atoms. The molecular formula is C14H14BrN3O2. The van der Waals surface area contributed by atoms with Crippen molar-refractivity contribution in [2.24, 2.45) is 0 Å². The summed E-state index contributed by atoms with van der Waals surface area (Å²) in [7, 11) is 0. The van der Waals surface area contributed by atoms with E-state index in [0.29, 0.717) is 6.54 Å². The van der Waals surface area contributed by atoms with Crippen molar-refractivity contribution in [3.8, 4) is 0 Å². The molecule has 0 saturated heterocycles. The highest BCUT2D eigenvalue weighted by molar-refractivity contribution is 9.10. The lowest BCUT2D eigenvalue weighted by atomic mass is 10.1. The molecule has 3 aromatic rings. The van der Waals surface area contributed by atoms with Crippen molar-refractivity contribution in [3.63, 3.8) is 0 Å². The predicted octanol–water partition coefficient (Wildman–Crippen LogP) is 3.06. The van der Waals surface area contributed by atoms with Gasteiger partial charge in [0.15, 0.2) is 4.67 Å². The average Bonchev–Trinajstić information content (AvgIpc) is 2.99. The van der Waals surface area contributed by atoms with Crippen LogP contribution in [-0.2, 0) is 6.54 Å². The number of fused-ring (bicyclic) bond motifs is 1. The maximum absolute atomic E-state index is 11.2. The molecular weight excluding hydrogens is 322 g/mol. The number of benzene rings is 1. The normalized spacial score (nSPS) is 12.9. The number of imidazole rings is 1. The first kappa shape index (κ1) is 13.2. The molecule has 0 aliphatic carbocycles. The summed E-state index contributed by atoms with van der Waals surface area (Å²) in [5.74, 6) is 0.875. The number of furan rings is 1. The van der Waals surface area contributed by atoms with Crippen molar-refractivity contribution < 1.29 is 4.42 Å². The molecule has 3 rings (SSSR count). The summed E-state index contributed by atoms with van der Waals surface area (Å²) >= 11 is 3.28. The molecule has 2 aromatic heterocycles. The zero-order valence-electron chi connectivity index (χ0n) is 10.9. The molecule has 1 aromatic carbocycles. The van der Waals surface area contributed by atoms with Crippen LogP contribution in [0.2, 0.25) is 0 Å². The summed E-state index contributed by atoms with van der Waals surface area (Å²) in [4.78, 5) is 16.7. The van der Waals surface area contributed by atoms with Crippen LogP contribution in [0.1, 0.15) is 24.3 Å². The lowest BCUT2D eigenvalue weighted by molar-refractivity contribution is 0.447. The summed E-state index contributed by atoms with van der Waals surface area (Å²) in [6, 6.07) is 9.84. The van der Waals surface area contributed by atoms with Gasteiger partial charge in [-0.25, -0.2) is 4.79 Å². The lowest BCUT2D eigenvalue weighted by Gasteiger charge is -2.13. The number of H-pyrrole nitrogens is 2. The van der Waals surface area contributed by atoms with Gasteiger partial charge in [0.1, 0.15) is 5.76 Å². The second kappa shape index (κ2) is 5.30. The highest BCUT2D eigenvalue weighted by Crippen LogP contribution is 2.19. The monoisotopic (exact) mass is 335 g/mol. The molecule has 104 valence electrons. The number of aromatic amines is 2. The first-order valence-corrected chi connectivity index (χ1v) is 7.10. The van der Waals surface area contributed by atoms with Gasteiger partial charge in [0.25, 0.3) is 0 Å². The fourth-order valence-electron chi connectivity index (χ4n) is 2.14. The third kappa shape index (κ3) is 2.71. The summed E-state index contributed by atoms with van der Waals surface area (Å²) in [5.41, 5.74) is 2.57. The zero-order chi connectivity index (χ0) is 14.1. The maximum atomic E-state index is 11.2. The molecule has 0 aliphatic heterocycles. The molecule has 0 saturated carbocycles. The van der Waals surface area contributed by atoms with Crippen LogP contribution in [0.25, 0.3) is 11.0 Å². The van der Waals surface area contributed by atoms with Gasteiger partial charge in [-0.3, -0.25) is 0 Å². The number of rotatable bonds is 4. The molecule has 1 unspecified atom stereocenters. The summed E-state index contributed by atoms with van der Waals surface area (Å²) < 4.78 is 6.17. The van der Waals surface area contributed by atoms with Crippen LogP contribution in [0.5, 0.6) is 0 Å². The highest BCUT2D eigenvalue weighted by Gasteiger charge is 2.08. The minimum Gasteiger partial charge on any atom is -0.453 e. The van der Waals surface area contributed by atoms with Gasteiger partial charge in [-0.2, -0.15) is 0 Å². The Hall–Kier alpha value is -1.79. The van der Waals surface area contributed by atoms with Crippen LogP contribution in [0.4, 0.5) is 0 Å². The van der Waals surface area contributed by atoms with E-state index in [-0.39, 0.29) is 11.7 Å². The van der Waals surface area contributed by atoms with Crippen molar-refractivity contribution >= 4 is 27.0 Å². The van der Waals surface area contributed by atoms with Crippen LogP contribution in [0.3, 0.4) is 0 Å². The molecule has 3 N–H and O–H groups in total. The Morgan fingerprint density at radius 1 is 1.25 bits per heavy atom. The molecule has 0 spiro atoms. The molecule has 0 aliphatic rings. The van der Waals surface area contributed by atoms with E-state index in [2.05, 4.69) is 38.1 Å². The summed E-state index contributed by atoms with van der Waals surface area (Å²) in [5, 5.41) is 3.38. The first-order chi connectivity index (χ1) is 9.61. The number of halogens is 1. The summed E-state index contributed by atoms with van der Waals surface area (Å²) in [6.07, 6.45) is 0. The topological polar surface area (TPSA) is 73.8 Å². The minimum atomic E-state index is -0.182. The van der Waals surface area contributed by atoms with Crippen molar-refractivity contribution in [3.05, 3.63) is 56.8 Å². The molecule has 0 radical (unpaired) electrons. The fourth-order valence-corrected chi connectivity index (χ4v) is 2.48. The molecule has 1 atom stereocenters. The predicted molar refractivity (Wildman–Crippen MR) is 80.6 cm³/mol. The smallest absolute Gasteiger partial charge is 0.323 e. The van der Waals surface area contributed by atoms with E-state index in [1.54, 1.807) is 0 Å². The Bertz CT molecular complexity index is 787. The van der Waals surface area contributed by atoms with Gasteiger partial charge in [-0.15, -0.1) is 0 Å². The van der Waals surface area contributed by atoms with E-state index >= 15 is 0 Å². The van der Waals surface area contributed by atoms with Gasteiger partial charge < -0.3 is 19.7 Å². The van der Waals surface area contributed by atoms with Crippen LogP contribution >= 0.6 is 15.9 Å². The molecule has 0 amide bonds. The zero-order valence-corrected chi connectivity index (χ0v) is 12.5. The standard InChI is InChI=1S/C14H14BrN3O2/c1-8(16-7-10-3-5-13(15)20-10)9-2-4-11-12(6-9)18-14(19)17-11/h2-6,8,16H,7H2,1H3,(H2,17,18,19). The molecule has 5 nitrogen and oxygen atoms in total. The van der Waals surface area contributed by atoms with Crippen LogP contribution in [-0.4, -0.2) is 9.97 Å².